The molecule has 0 aliphatic carbocycles. The minimum atomic E-state index is -3.60. The van der Waals surface area contributed by atoms with Crippen LogP contribution in [0.2, 0.25) is 0 Å². The van der Waals surface area contributed by atoms with E-state index >= 15 is 0 Å². The molecule has 1 saturated heterocycles. The summed E-state index contributed by atoms with van der Waals surface area (Å²) in [6, 6.07) is 7.05. The number of aryl methyl sites for hydroxylation is 1. The van der Waals surface area contributed by atoms with Crippen LogP contribution in [-0.2, 0) is 24.7 Å². The van der Waals surface area contributed by atoms with Crippen LogP contribution in [-0.4, -0.2) is 90.1 Å². The third kappa shape index (κ3) is 6.47. The van der Waals surface area contributed by atoms with Gasteiger partial charge in [-0.1, -0.05) is 18.2 Å². The van der Waals surface area contributed by atoms with Crippen LogP contribution in [0.25, 0.3) is 0 Å². The molecular weight excluding hydrogens is 390 g/mol. The van der Waals surface area contributed by atoms with Gasteiger partial charge < -0.3 is 4.90 Å². The minimum Gasteiger partial charge on any atom is -0.339 e. The average molecular weight is 418 g/mol. The molecule has 1 amide bonds. The molecule has 0 N–H and O–H groups in total. The molecule has 152 valence electrons. The first-order chi connectivity index (χ1) is 12.5. The van der Waals surface area contributed by atoms with E-state index in [9.17, 15) is 21.6 Å². The Bertz CT molecular complexity index is 876. The standard InChI is InChI=1S/C17H27N3O5S2/c1-15-6-4-5-7-16(15)20(27(3,24)25)14-17(21)19-10-8-18(9-11-19)12-13-26(2,22)23/h4-7H,8-14H2,1-3H3. The molecule has 8 nitrogen and oxygen atoms in total. The van der Waals surface area contributed by atoms with Crippen molar-refractivity contribution < 1.29 is 21.6 Å². The zero-order chi connectivity index (χ0) is 20.2. The van der Waals surface area contributed by atoms with E-state index in [2.05, 4.69) is 0 Å². The van der Waals surface area contributed by atoms with Crippen molar-refractivity contribution in [2.45, 2.75) is 6.92 Å². The summed E-state index contributed by atoms with van der Waals surface area (Å²) in [4.78, 5) is 16.3. The van der Waals surface area contributed by atoms with Gasteiger partial charge in [0.2, 0.25) is 15.9 Å². The quantitative estimate of drug-likeness (QED) is 0.617. The van der Waals surface area contributed by atoms with E-state index in [4.69, 9.17) is 0 Å². The summed E-state index contributed by atoms with van der Waals surface area (Å²) in [5.41, 5.74) is 1.28. The van der Waals surface area contributed by atoms with Gasteiger partial charge in [0, 0.05) is 39.0 Å². The molecular formula is C17H27N3O5S2. The molecule has 0 unspecified atom stereocenters. The second kappa shape index (κ2) is 8.57. The van der Waals surface area contributed by atoms with Crippen molar-refractivity contribution in [3.63, 3.8) is 0 Å². The lowest BCUT2D eigenvalue weighted by Crippen LogP contribution is -2.52. The first-order valence-electron chi connectivity index (χ1n) is 8.68. The highest BCUT2D eigenvalue weighted by Gasteiger charge is 2.27. The van der Waals surface area contributed by atoms with Crippen molar-refractivity contribution in [2.24, 2.45) is 0 Å². The molecule has 1 aliphatic heterocycles. The van der Waals surface area contributed by atoms with Crippen molar-refractivity contribution >= 4 is 31.5 Å². The first kappa shape index (κ1) is 21.6. The van der Waals surface area contributed by atoms with Gasteiger partial charge in [-0.05, 0) is 18.6 Å². The highest BCUT2D eigenvalue weighted by molar-refractivity contribution is 7.92. The fourth-order valence-corrected chi connectivity index (χ4v) is 4.46. The molecule has 1 fully saturated rings. The van der Waals surface area contributed by atoms with Crippen LogP contribution in [0.5, 0.6) is 0 Å². The number of nitrogens with zero attached hydrogens (tertiary/aromatic N) is 3. The van der Waals surface area contributed by atoms with Gasteiger partial charge in [0.25, 0.3) is 0 Å². The van der Waals surface area contributed by atoms with E-state index < -0.39 is 19.9 Å². The predicted molar refractivity (Wildman–Crippen MR) is 106 cm³/mol. The van der Waals surface area contributed by atoms with Crippen molar-refractivity contribution in [3.8, 4) is 0 Å². The molecule has 1 aromatic rings. The predicted octanol–water partition coefficient (Wildman–Crippen LogP) is -0.0502. The lowest BCUT2D eigenvalue weighted by atomic mass is 10.2. The molecule has 1 aromatic carbocycles. The number of benzene rings is 1. The van der Waals surface area contributed by atoms with E-state index in [-0.39, 0.29) is 18.2 Å². The zero-order valence-corrected chi connectivity index (χ0v) is 17.6. The van der Waals surface area contributed by atoms with Gasteiger partial charge in [0.1, 0.15) is 16.4 Å². The lowest BCUT2D eigenvalue weighted by Gasteiger charge is -2.35. The number of para-hydroxylation sites is 1. The Hall–Kier alpha value is -1.65. The van der Waals surface area contributed by atoms with Gasteiger partial charge in [-0.15, -0.1) is 0 Å². The molecule has 1 aliphatic rings. The van der Waals surface area contributed by atoms with Crippen molar-refractivity contribution in [2.75, 3.05) is 61.8 Å². The number of carbonyl (C=O) groups excluding carboxylic acids is 1. The number of carbonyl (C=O) groups is 1. The molecule has 1 heterocycles. The number of amides is 1. The summed E-state index contributed by atoms with van der Waals surface area (Å²) in [5, 5.41) is 0. The summed E-state index contributed by atoms with van der Waals surface area (Å²) in [5.74, 6) is -0.165. The van der Waals surface area contributed by atoms with E-state index in [0.717, 1.165) is 16.1 Å². The maximum Gasteiger partial charge on any atom is 0.243 e. The van der Waals surface area contributed by atoms with Crippen LogP contribution in [0.4, 0.5) is 5.69 Å². The molecule has 0 saturated carbocycles. The topological polar surface area (TPSA) is 95.1 Å². The number of hydrogen-bond donors (Lipinski definition) is 0. The number of hydrogen-bond acceptors (Lipinski definition) is 6. The molecule has 27 heavy (non-hydrogen) atoms. The highest BCUT2D eigenvalue weighted by Crippen LogP contribution is 2.22. The molecule has 0 atom stereocenters. The van der Waals surface area contributed by atoms with Crippen molar-refractivity contribution in [1.29, 1.82) is 0 Å². The Labute approximate surface area is 161 Å². The Morgan fingerprint density at radius 1 is 1.04 bits per heavy atom. The van der Waals surface area contributed by atoms with Gasteiger partial charge in [0.15, 0.2) is 0 Å². The summed E-state index contributed by atoms with van der Waals surface area (Å²) in [6.07, 6.45) is 2.30. The van der Waals surface area contributed by atoms with Gasteiger partial charge >= 0.3 is 0 Å². The number of sulfone groups is 1. The molecule has 0 bridgehead atoms. The maximum atomic E-state index is 12.7. The SMILES string of the molecule is Cc1ccccc1N(CC(=O)N1CCN(CCS(C)(=O)=O)CC1)S(C)(=O)=O. The Morgan fingerprint density at radius 3 is 2.15 bits per heavy atom. The second-order valence-electron chi connectivity index (χ2n) is 6.91. The molecule has 2 rings (SSSR count). The molecule has 0 radical (unpaired) electrons. The Kier molecular flexibility index (Phi) is 6.87. The third-order valence-electron chi connectivity index (χ3n) is 4.57. The molecule has 0 spiro atoms. The third-order valence-corrected chi connectivity index (χ3v) is 6.62. The summed E-state index contributed by atoms with van der Waals surface area (Å²) < 4.78 is 48.1. The fourth-order valence-electron chi connectivity index (χ4n) is 2.96. The molecule has 10 heteroatoms. The summed E-state index contributed by atoms with van der Waals surface area (Å²) in [6.45, 7) is 4.06. The Morgan fingerprint density at radius 2 is 1.63 bits per heavy atom. The average Bonchev–Trinajstić information content (AvgIpc) is 2.57. The second-order valence-corrected chi connectivity index (χ2v) is 11.1. The lowest BCUT2D eigenvalue weighted by molar-refractivity contribution is -0.131. The number of sulfonamides is 1. The van der Waals surface area contributed by atoms with Crippen LogP contribution >= 0.6 is 0 Å². The number of piperazine rings is 1. The minimum absolute atomic E-state index is 0.0933. The van der Waals surface area contributed by atoms with Crippen molar-refractivity contribution in [1.82, 2.24) is 9.80 Å². The number of rotatable bonds is 7. The number of anilines is 1. The normalized spacial score (nSPS) is 16.3. The van der Waals surface area contributed by atoms with Crippen molar-refractivity contribution in [3.05, 3.63) is 29.8 Å². The van der Waals surface area contributed by atoms with Gasteiger partial charge in [0.05, 0.1) is 17.7 Å². The van der Waals surface area contributed by atoms with E-state index in [1.165, 1.54) is 6.26 Å². The van der Waals surface area contributed by atoms with Crippen LogP contribution in [0.15, 0.2) is 24.3 Å². The first-order valence-corrected chi connectivity index (χ1v) is 12.6. The zero-order valence-electron chi connectivity index (χ0n) is 16.0. The Balaban J connectivity index is 2.00. The van der Waals surface area contributed by atoms with Crippen LogP contribution in [0.1, 0.15) is 5.56 Å². The van der Waals surface area contributed by atoms with E-state index in [1.54, 1.807) is 30.0 Å². The van der Waals surface area contributed by atoms with Gasteiger partial charge in [-0.2, -0.15) is 0 Å². The molecule has 0 aromatic heterocycles. The van der Waals surface area contributed by atoms with Crippen LogP contribution in [0.3, 0.4) is 0 Å². The fraction of sp³-hybridized carbons (Fsp3) is 0.588. The van der Waals surface area contributed by atoms with E-state index in [0.29, 0.717) is 38.4 Å². The van der Waals surface area contributed by atoms with E-state index in [1.807, 2.05) is 11.0 Å². The monoisotopic (exact) mass is 417 g/mol. The largest absolute Gasteiger partial charge is 0.339 e. The van der Waals surface area contributed by atoms with Crippen LogP contribution in [0, 0.1) is 6.92 Å². The van der Waals surface area contributed by atoms with Gasteiger partial charge in [-0.3, -0.25) is 14.0 Å². The highest BCUT2D eigenvalue weighted by atomic mass is 32.2. The summed E-state index contributed by atoms with van der Waals surface area (Å²) >= 11 is 0. The summed E-state index contributed by atoms with van der Waals surface area (Å²) in [7, 11) is -6.62. The van der Waals surface area contributed by atoms with Gasteiger partial charge in [-0.25, -0.2) is 16.8 Å². The maximum absolute atomic E-state index is 12.7. The van der Waals surface area contributed by atoms with Crippen LogP contribution < -0.4 is 4.31 Å². The smallest absolute Gasteiger partial charge is 0.243 e.